The highest BCUT2D eigenvalue weighted by atomic mass is 16.7. The summed E-state index contributed by atoms with van der Waals surface area (Å²) in [7, 11) is 1.61. The van der Waals surface area contributed by atoms with Gasteiger partial charge in [0.05, 0.1) is 5.69 Å². The minimum Gasteiger partial charge on any atom is -0.333 e. The van der Waals surface area contributed by atoms with Gasteiger partial charge in [-0.1, -0.05) is 18.2 Å². The van der Waals surface area contributed by atoms with E-state index in [2.05, 4.69) is 4.84 Å². The van der Waals surface area contributed by atoms with Crippen molar-refractivity contribution >= 4 is 11.8 Å². The lowest BCUT2D eigenvalue weighted by Crippen LogP contribution is -2.26. The van der Waals surface area contributed by atoms with Crippen LogP contribution in [0.4, 0.5) is 10.5 Å². The molecule has 0 aliphatic rings. The number of primary amides is 1. The van der Waals surface area contributed by atoms with Crippen molar-refractivity contribution in [2.24, 2.45) is 5.73 Å². The normalized spacial score (nSPS) is 9.08. The molecule has 0 aliphatic heterocycles. The molecule has 1 amide bonds. The van der Waals surface area contributed by atoms with Gasteiger partial charge in [-0.15, -0.1) is 0 Å². The number of nitrogens with zero attached hydrogens (tertiary/aromatic N) is 1. The summed E-state index contributed by atoms with van der Waals surface area (Å²) in [4.78, 5) is 14.9. The Labute approximate surface area is 70.5 Å². The van der Waals surface area contributed by atoms with E-state index in [1.165, 1.54) is 5.06 Å². The van der Waals surface area contributed by atoms with Crippen LogP contribution < -0.4 is 10.8 Å². The molecule has 0 saturated heterocycles. The maximum Gasteiger partial charge on any atom is 0.428 e. The second-order valence-corrected chi connectivity index (χ2v) is 2.24. The van der Waals surface area contributed by atoms with E-state index < -0.39 is 6.09 Å². The van der Waals surface area contributed by atoms with Crippen LogP contribution in [0.1, 0.15) is 0 Å². The fourth-order valence-corrected chi connectivity index (χ4v) is 0.826. The molecule has 1 rings (SSSR count). The van der Waals surface area contributed by atoms with E-state index in [1.54, 1.807) is 7.05 Å². The summed E-state index contributed by atoms with van der Waals surface area (Å²) in [5.74, 6) is 0. The fourth-order valence-electron chi connectivity index (χ4n) is 0.826. The number of nitrogens with two attached hydrogens (primary N) is 1. The number of rotatable bonds is 2. The van der Waals surface area contributed by atoms with Crippen molar-refractivity contribution in [2.75, 3.05) is 12.1 Å². The first-order valence-electron chi connectivity index (χ1n) is 3.46. The number of carbonyl (C=O) groups is 1. The summed E-state index contributed by atoms with van der Waals surface area (Å²) in [5.41, 5.74) is 5.60. The van der Waals surface area contributed by atoms with Crippen molar-refractivity contribution in [2.45, 2.75) is 0 Å². The maximum absolute atomic E-state index is 10.3. The molecule has 0 bridgehead atoms. The Hall–Kier alpha value is -1.71. The van der Waals surface area contributed by atoms with Gasteiger partial charge >= 0.3 is 6.09 Å². The molecule has 2 N–H and O–H groups in total. The zero-order chi connectivity index (χ0) is 8.97. The van der Waals surface area contributed by atoms with Crippen molar-refractivity contribution < 1.29 is 9.63 Å². The molecule has 12 heavy (non-hydrogen) atoms. The van der Waals surface area contributed by atoms with Crippen molar-refractivity contribution in [3.05, 3.63) is 30.3 Å². The van der Waals surface area contributed by atoms with Crippen molar-refractivity contribution in [1.29, 1.82) is 0 Å². The summed E-state index contributed by atoms with van der Waals surface area (Å²) in [5, 5.41) is 1.31. The van der Waals surface area contributed by atoms with E-state index in [9.17, 15) is 4.79 Å². The molecule has 0 aromatic heterocycles. The lowest BCUT2D eigenvalue weighted by atomic mass is 10.3. The first-order chi connectivity index (χ1) is 5.70. The van der Waals surface area contributed by atoms with Gasteiger partial charge in [0, 0.05) is 7.05 Å². The third-order valence-electron chi connectivity index (χ3n) is 1.35. The Morgan fingerprint density at radius 1 is 1.42 bits per heavy atom. The molecule has 4 nitrogen and oxygen atoms in total. The van der Waals surface area contributed by atoms with Crippen LogP contribution >= 0.6 is 0 Å². The summed E-state index contributed by atoms with van der Waals surface area (Å²) in [6.45, 7) is 0. The third-order valence-corrected chi connectivity index (χ3v) is 1.35. The second kappa shape index (κ2) is 3.61. The van der Waals surface area contributed by atoms with E-state index in [0.717, 1.165) is 5.69 Å². The number of anilines is 1. The summed E-state index contributed by atoms with van der Waals surface area (Å²) in [6, 6.07) is 9.18. The summed E-state index contributed by atoms with van der Waals surface area (Å²) >= 11 is 0. The van der Waals surface area contributed by atoms with Crippen LogP contribution in [0.2, 0.25) is 0 Å². The molecular formula is C8H10N2O2. The third kappa shape index (κ3) is 2.16. The predicted molar refractivity (Wildman–Crippen MR) is 45.5 cm³/mol. The first-order valence-corrected chi connectivity index (χ1v) is 3.46. The van der Waals surface area contributed by atoms with Crippen LogP contribution in [0, 0.1) is 0 Å². The zero-order valence-electron chi connectivity index (χ0n) is 6.73. The molecule has 0 fully saturated rings. The number of hydroxylamine groups is 1. The van der Waals surface area contributed by atoms with E-state index in [-0.39, 0.29) is 0 Å². The van der Waals surface area contributed by atoms with Crippen LogP contribution in [0.5, 0.6) is 0 Å². The van der Waals surface area contributed by atoms with Gasteiger partial charge in [0.2, 0.25) is 0 Å². The molecule has 0 aliphatic carbocycles. The van der Waals surface area contributed by atoms with E-state index in [0.29, 0.717) is 0 Å². The van der Waals surface area contributed by atoms with Crippen molar-refractivity contribution in [3.63, 3.8) is 0 Å². The average Bonchev–Trinajstić information content (AvgIpc) is 2.05. The van der Waals surface area contributed by atoms with Crippen LogP contribution in [-0.4, -0.2) is 13.1 Å². The van der Waals surface area contributed by atoms with E-state index >= 15 is 0 Å². The lowest BCUT2D eigenvalue weighted by Gasteiger charge is -2.15. The van der Waals surface area contributed by atoms with Gasteiger partial charge in [-0.25, -0.2) is 9.86 Å². The fraction of sp³-hybridized carbons (Fsp3) is 0.125. The zero-order valence-corrected chi connectivity index (χ0v) is 6.73. The molecule has 0 saturated carbocycles. The largest absolute Gasteiger partial charge is 0.428 e. The SMILES string of the molecule is CN(OC(N)=O)c1ccccc1. The van der Waals surface area contributed by atoms with Gasteiger partial charge < -0.3 is 10.6 Å². The van der Waals surface area contributed by atoms with Crippen LogP contribution in [0.15, 0.2) is 30.3 Å². The monoisotopic (exact) mass is 166 g/mol. The quantitative estimate of drug-likeness (QED) is 0.670. The minimum atomic E-state index is -0.818. The van der Waals surface area contributed by atoms with Gasteiger partial charge in [-0.3, -0.25) is 0 Å². The molecule has 4 heteroatoms. The highest BCUT2D eigenvalue weighted by molar-refractivity contribution is 5.66. The Morgan fingerprint density at radius 2 is 2.00 bits per heavy atom. The number of hydrogen-bond acceptors (Lipinski definition) is 3. The molecule has 0 atom stereocenters. The van der Waals surface area contributed by atoms with Gasteiger partial charge in [0.15, 0.2) is 0 Å². The summed E-state index contributed by atoms with van der Waals surface area (Å²) in [6.07, 6.45) is -0.818. The maximum atomic E-state index is 10.3. The second-order valence-electron chi connectivity index (χ2n) is 2.24. The molecular weight excluding hydrogens is 156 g/mol. The first kappa shape index (κ1) is 8.39. The predicted octanol–water partition coefficient (Wildman–Crippen LogP) is 1.13. The molecule has 1 aromatic rings. The molecule has 1 aromatic carbocycles. The van der Waals surface area contributed by atoms with Crippen molar-refractivity contribution in [1.82, 2.24) is 0 Å². The lowest BCUT2D eigenvalue weighted by molar-refractivity contribution is 0.150. The number of benzene rings is 1. The topological polar surface area (TPSA) is 55.6 Å². The highest BCUT2D eigenvalue weighted by Crippen LogP contribution is 2.10. The van der Waals surface area contributed by atoms with Gasteiger partial charge in [0.1, 0.15) is 0 Å². The smallest absolute Gasteiger partial charge is 0.333 e. The van der Waals surface area contributed by atoms with Crippen LogP contribution in [0.25, 0.3) is 0 Å². The molecule has 0 heterocycles. The van der Waals surface area contributed by atoms with Crippen LogP contribution in [-0.2, 0) is 4.84 Å². The summed E-state index contributed by atoms with van der Waals surface area (Å²) < 4.78 is 0. The molecule has 64 valence electrons. The number of amides is 1. The van der Waals surface area contributed by atoms with Crippen molar-refractivity contribution in [3.8, 4) is 0 Å². The Kier molecular flexibility index (Phi) is 2.53. The van der Waals surface area contributed by atoms with E-state index in [4.69, 9.17) is 5.73 Å². The minimum absolute atomic E-state index is 0.774. The van der Waals surface area contributed by atoms with Gasteiger partial charge in [-0.05, 0) is 12.1 Å². The number of carbonyl (C=O) groups excluding carboxylic acids is 1. The van der Waals surface area contributed by atoms with E-state index in [1.807, 2.05) is 30.3 Å². The number of hydrogen-bond donors (Lipinski definition) is 1. The van der Waals surface area contributed by atoms with Crippen LogP contribution in [0.3, 0.4) is 0 Å². The Morgan fingerprint density at radius 3 is 2.50 bits per heavy atom. The Balaban J connectivity index is 2.65. The highest BCUT2D eigenvalue weighted by Gasteiger charge is 2.02. The van der Waals surface area contributed by atoms with Gasteiger partial charge in [0.25, 0.3) is 0 Å². The molecule has 0 unspecified atom stereocenters. The van der Waals surface area contributed by atoms with Gasteiger partial charge in [-0.2, -0.15) is 0 Å². The molecule has 0 spiro atoms. The Bertz CT molecular complexity index is 261. The average molecular weight is 166 g/mol. The molecule has 0 radical (unpaired) electrons. The number of para-hydroxylation sites is 1. The standard InChI is InChI=1S/C8H10N2O2/c1-10(12-8(9)11)7-5-3-2-4-6-7/h2-6H,1H3,(H2,9,11).